The van der Waals surface area contributed by atoms with Crippen molar-refractivity contribution in [2.45, 2.75) is 39.2 Å². The molecule has 2 N–H and O–H groups in total. The lowest BCUT2D eigenvalue weighted by Gasteiger charge is -2.22. The number of hydrogen-bond acceptors (Lipinski definition) is 4. The second kappa shape index (κ2) is 10.9. The lowest BCUT2D eigenvalue weighted by atomic mass is 10.1. The minimum Gasteiger partial charge on any atom is -0.480 e. The van der Waals surface area contributed by atoms with Gasteiger partial charge in [-0.05, 0) is 81.2 Å². The summed E-state index contributed by atoms with van der Waals surface area (Å²) in [6.45, 7) is 4.72. The fourth-order valence-corrected chi connectivity index (χ4v) is 3.04. The molecule has 2 rings (SSSR count). The van der Waals surface area contributed by atoms with Gasteiger partial charge in [-0.3, -0.25) is 10.0 Å². The number of aryl methyl sites for hydroxylation is 3. The second-order valence-electron chi connectivity index (χ2n) is 7.27. The Morgan fingerprint density at radius 2 is 1.76 bits per heavy atom. The monoisotopic (exact) mass is 406 g/mol. The molecule has 1 atom stereocenters. The topological polar surface area (TPSA) is 61.8 Å². The summed E-state index contributed by atoms with van der Waals surface area (Å²) in [5, 5.41) is 8.98. The first-order valence-electron chi connectivity index (χ1n) is 9.60. The highest BCUT2D eigenvalue weighted by atomic mass is 19.1. The van der Waals surface area contributed by atoms with E-state index in [0.717, 1.165) is 24.9 Å². The van der Waals surface area contributed by atoms with Crippen molar-refractivity contribution < 1.29 is 23.5 Å². The quantitative estimate of drug-likeness (QED) is 0.466. The molecular weight excluding hydrogens is 378 g/mol. The molecule has 29 heavy (non-hydrogen) atoms. The average Bonchev–Trinajstić information content (AvgIpc) is 2.70. The van der Waals surface area contributed by atoms with Crippen molar-refractivity contribution in [3.8, 4) is 5.75 Å². The maximum atomic E-state index is 13.4. The van der Waals surface area contributed by atoms with E-state index in [1.54, 1.807) is 25.4 Å². The van der Waals surface area contributed by atoms with Crippen LogP contribution in [0.1, 0.15) is 29.5 Å². The number of rotatable bonds is 10. The Balaban J connectivity index is 1.83. The van der Waals surface area contributed by atoms with E-state index in [0.29, 0.717) is 29.8 Å². The standard InChI is InChI=1S/C22H28F2N2O3/c1-15-13-17(6-8-19(15)23)5-4-11-26(3)12-10-21(22(27)25-28)29-18-7-9-20(24)16(2)14-18/h6-9,13-14,21,28H,4-5,10-12H2,1-3H3,(H,25,27)/t21-/m1/s1. The van der Waals surface area contributed by atoms with Gasteiger partial charge in [-0.25, -0.2) is 14.3 Å². The van der Waals surface area contributed by atoms with Crippen molar-refractivity contribution in [2.24, 2.45) is 0 Å². The molecule has 0 unspecified atom stereocenters. The van der Waals surface area contributed by atoms with Gasteiger partial charge >= 0.3 is 0 Å². The lowest BCUT2D eigenvalue weighted by Crippen LogP contribution is -2.39. The average molecular weight is 406 g/mol. The summed E-state index contributed by atoms with van der Waals surface area (Å²) in [5.41, 5.74) is 3.77. The normalized spacial score (nSPS) is 12.1. The van der Waals surface area contributed by atoms with Crippen LogP contribution in [0.5, 0.6) is 5.75 Å². The Kier molecular flexibility index (Phi) is 8.54. The van der Waals surface area contributed by atoms with Gasteiger partial charge in [-0.2, -0.15) is 0 Å². The first-order chi connectivity index (χ1) is 13.8. The summed E-state index contributed by atoms with van der Waals surface area (Å²) in [4.78, 5) is 14.0. The number of ether oxygens (including phenoxy) is 1. The van der Waals surface area contributed by atoms with Gasteiger partial charge in [-0.15, -0.1) is 0 Å². The molecule has 0 saturated carbocycles. The van der Waals surface area contributed by atoms with Crippen LogP contribution < -0.4 is 10.2 Å². The molecule has 158 valence electrons. The van der Waals surface area contributed by atoms with Crippen LogP contribution in [0.3, 0.4) is 0 Å². The molecule has 0 heterocycles. The third kappa shape index (κ3) is 7.11. The first kappa shape index (κ1) is 22.8. The van der Waals surface area contributed by atoms with Gasteiger partial charge in [0.25, 0.3) is 5.91 Å². The van der Waals surface area contributed by atoms with E-state index in [2.05, 4.69) is 4.90 Å². The number of amides is 1. The highest BCUT2D eigenvalue weighted by Crippen LogP contribution is 2.18. The third-order valence-corrected chi connectivity index (χ3v) is 4.81. The van der Waals surface area contributed by atoms with Crippen molar-refractivity contribution >= 4 is 5.91 Å². The predicted molar refractivity (Wildman–Crippen MR) is 107 cm³/mol. The molecule has 0 aliphatic rings. The van der Waals surface area contributed by atoms with Gasteiger partial charge < -0.3 is 9.64 Å². The van der Waals surface area contributed by atoms with Crippen LogP contribution in [0.2, 0.25) is 0 Å². The van der Waals surface area contributed by atoms with Gasteiger partial charge in [0, 0.05) is 13.0 Å². The van der Waals surface area contributed by atoms with Crippen LogP contribution in [-0.4, -0.2) is 42.3 Å². The molecule has 0 aliphatic carbocycles. The van der Waals surface area contributed by atoms with Gasteiger partial charge in [0.05, 0.1) is 0 Å². The van der Waals surface area contributed by atoms with E-state index in [9.17, 15) is 13.6 Å². The number of halogens is 2. The van der Waals surface area contributed by atoms with Crippen LogP contribution in [0.25, 0.3) is 0 Å². The molecule has 0 bridgehead atoms. The Labute approximate surface area is 170 Å². The second-order valence-corrected chi connectivity index (χ2v) is 7.27. The summed E-state index contributed by atoms with van der Waals surface area (Å²) in [6.07, 6.45) is 1.18. The first-order valence-corrected chi connectivity index (χ1v) is 9.60. The Bertz CT molecular complexity index is 830. The molecule has 1 amide bonds. The third-order valence-electron chi connectivity index (χ3n) is 4.81. The van der Waals surface area contributed by atoms with Crippen LogP contribution in [0.4, 0.5) is 8.78 Å². The van der Waals surface area contributed by atoms with Crippen molar-refractivity contribution in [2.75, 3.05) is 20.1 Å². The number of carbonyl (C=O) groups is 1. The maximum absolute atomic E-state index is 13.4. The molecule has 0 fully saturated rings. The highest BCUT2D eigenvalue weighted by molar-refractivity contribution is 5.79. The number of hydroxylamine groups is 1. The Hall–Kier alpha value is -2.51. The number of nitrogens with one attached hydrogen (secondary N) is 1. The van der Waals surface area contributed by atoms with Crippen molar-refractivity contribution in [1.29, 1.82) is 0 Å². The minimum absolute atomic E-state index is 0.199. The number of nitrogens with zero attached hydrogens (tertiary/aromatic N) is 1. The summed E-state index contributed by atoms with van der Waals surface area (Å²) < 4.78 is 32.4. The van der Waals surface area contributed by atoms with Crippen LogP contribution in [-0.2, 0) is 11.2 Å². The molecule has 2 aromatic carbocycles. The fraction of sp³-hybridized carbons (Fsp3) is 0.409. The smallest absolute Gasteiger partial charge is 0.284 e. The van der Waals surface area contributed by atoms with E-state index in [1.165, 1.54) is 24.3 Å². The van der Waals surface area contributed by atoms with E-state index >= 15 is 0 Å². The zero-order valence-corrected chi connectivity index (χ0v) is 17.0. The van der Waals surface area contributed by atoms with Crippen LogP contribution >= 0.6 is 0 Å². The van der Waals surface area contributed by atoms with Gasteiger partial charge in [0.1, 0.15) is 17.4 Å². The summed E-state index contributed by atoms with van der Waals surface area (Å²) in [5.74, 6) is -0.832. The molecule has 0 radical (unpaired) electrons. The van der Waals surface area contributed by atoms with Crippen molar-refractivity contribution in [3.63, 3.8) is 0 Å². The molecule has 0 aromatic heterocycles. The Morgan fingerprint density at radius 3 is 2.38 bits per heavy atom. The number of carbonyl (C=O) groups excluding carboxylic acids is 1. The maximum Gasteiger partial charge on any atom is 0.284 e. The van der Waals surface area contributed by atoms with Crippen LogP contribution in [0.15, 0.2) is 36.4 Å². The SMILES string of the molecule is Cc1cc(CCCN(C)CC[C@@H](Oc2ccc(F)c(C)c2)C(=O)NO)ccc1F. The molecule has 0 spiro atoms. The molecule has 0 aliphatic heterocycles. The van der Waals surface area contributed by atoms with E-state index < -0.39 is 12.0 Å². The van der Waals surface area contributed by atoms with Crippen molar-refractivity contribution in [1.82, 2.24) is 10.4 Å². The van der Waals surface area contributed by atoms with Crippen LogP contribution in [0, 0.1) is 25.5 Å². The van der Waals surface area contributed by atoms with Gasteiger partial charge in [0.15, 0.2) is 6.10 Å². The highest BCUT2D eigenvalue weighted by Gasteiger charge is 2.21. The zero-order chi connectivity index (χ0) is 21.4. The molecular formula is C22H28F2N2O3. The Morgan fingerprint density at radius 1 is 1.10 bits per heavy atom. The summed E-state index contributed by atoms with van der Waals surface area (Å²) >= 11 is 0. The van der Waals surface area contributed by atoms with Gasteiger partial charge in [-0.1, -0.05) is 12.1 Å². The zero-order valence-electron chi connectivity index (χ0n) is 17.0. The lowest BCUT2D eigenvalue weighted by molar-refractivity contribution is -0.136. The minimum atomic E-state index is -0.896. The predicted octanol–water partition coefficient (Wildman–Crippen LogP) is 3.79. The van der Waals surface area contributed by atoms with E-state index in [4.69, 9.17) is 9.94 Å². The summed E-state index contributed by atoms with van der Waals surface area (Å²) in [6, 6.07) is 9.39. The van der Waals surface area contributed by atoms with E-state index in [1.807, 2.05) is 13.1 Å². The summed E-state index contributed by atoms with van der Waals surface area (Å²) in [7, 11) is 1.94. The van der Waals surface area contributed by atoms with E-state index in [-0.39, 0.29) is 11.6 Å². The largest absolute Gasteiger partial charge is 0.480 e. The molecule has 7 heteroatoms. The fourth-order valence-electron chi connectivity index (χ4n) is 3.04. The number of benzene rings is 2. The van der Waals surface area contributed by atoms with Crippen molar-refractivity contribution in [3.05, 3.63) is 64.7 Å². The number of hydrogen-bond donors (Lipinski definition) is 2. The molecule has 2 aromatic rings. The molecule has 5 nitrogen and oxygen atoms in total. The van der Waals surface area contributed by atoms with Gasteiger partial charge in [0.2, 0.25) is 0 Å². The molecule has 0 saturated heterocycles.